The monoisotopic (exact) mass is 348 g/mol. The molecule has 0 aliphatic rings. The molecule has 5 nitrogen and oxygen atoms in total. The minimum Gasteiger partial charge on any atom is -0.319 e. The lowest BCUT2D eigenvalue weighted by molar-refractivity contribution is 0.103. The quantitative estimate of drug-likeness (QED) is 0.789. The van der Waals surface area contributed by atoms with E-state index in [1.54, 1.807) is 17.1 Å². The maximum atomic E-state index is 12.2. The van der Waals surface area contributed by atoms with Crippen LogP contribution in [0, 0.1) is 0 Å². The fourth-order valence-electron chi connectivity index (χ4n) is 1.73. The maximum Gasteiger partial charge on any atom is 0.265 e. The van der Waals surface area contributed by atoms with E-state index in [0.29, 0.717) is 10.6 Å². The van der Waals surface area contributed by atoms with Crippen LogP contribution in [0.2, 0.25) is 0 Å². The maximum absolute atomic E-state index is 12.2. The molecular weight excluding hydrogens is 340 g/mol. The third-order valence-electron chi connectivity index (χ3n) is 2.61. The molecule has 0 radical (unpaired) electrons. The second-order valence-electron chi connectivity index (χ2n) is 3.92. The van der Waals surface area contributed by atoms with E-state index in [1.807, 2.05) is 30.3 Å². The summed E-state index contributed by atoms with van der Waals surface area (Å²) in [5.74, 6) is -0.145. The van der Waals surface area contributed by atoms with E-state index in [1.165, 1.54) is 17.7 Å². The van der Waals surface area contributed by atoms with Crippen molar-refractivity contribution >= 4 is 38.9 Å². The van der Waals surface area contributed by atoms with Crippen molar-refractivity contribution in [3.8, 4) is 5.69 Å². The molecule has 20 heavy (non-hydrogen) atoms. The van der Waals surface area contributed by atoms with Crippen LogP contribution in [0.15, 0.2) is 52.8 Å². The summed E-state index contributed by atoms with van der Waals surface area (Å²) in [5.41, 5.74) is 1.46. The highest BCUT2D eigenvalue weighted by Crippen LogP contribution is 2.24. The predicted molar refractivity (Wildman–Crippen MR) is 81.3 cm³/mol. The van der Waals surface area contributed by atoms with Crippen molar-refractivity contribution in [3.05, 3.63) is 57.7 Å². The number of aromatic nitrogens is 3. The first-order valence-electron chi connectivity index (χ1n) is 5.75. The molecule has 0 aliphatic heterocycles. The molecule has 7 heteroatoms. The molecule has 0 aliphatic carbocycles. The van der Waals surface area contributed by atoms with Crippen LogP contribution in [0.5, 0.6) is 0 Å². The molecule has 0 spiro atoms. The van der Waals surface area contributed by atoms with Crippen LogP contribution < -0.4 is 5.32 Å². The number of nitrogens with one attached hydrogen (secondary N) is 1. The van der Waals surface area contributed by atoms with Crippen LogP contribution >= 0.6 is 27.3 Å². The van der Waals surface area contributed by atoms with Gasteiger partial charge in [-0.25, -0.2) is 9.67 Å². The summed E-state index contributed by atoms with van der Waals surface area (Å²) >= 11 is 4.74. The van der Waals surface area contributed by atoms with Crippen LogP contribution in [0.25, 0.3) is 5.69 Å². The molecule has 0 saturated heterocycles. The van der Waals surface area contributed by atoms with Gasteiger partial charge in [-0.15, -0.1) is 11.3 Å². The highest BCUT2D eigenvalue weighted by molar-refractivity contribution is 9.11. The number of nitrogens with zero attached hydrogens (tertiary/aromatic N) is 3. The van der Waals surface area contributed by atoms with E-state index >= 15 is 0 Å². The van der Waals surface area contributed by atoms with Crippen molar-refractivity contribution in [1.29, 1.82) is 0 Å². The Morgan fingerprint density at radius 1 is 1.25 bits per heavy atom. The van der Waals surface area contributed by atoms with Gasteiger partial charge in [0, 0.05) is 0 Å². The number of rotatable bonds is 3. The number of thiophene rings is 1. The average Bonchev–Trinajstić information content (AvgIpc) is 3.10. The summed E-state index contributed by atoms with van der Waals surface area (Å²) in [5, 5.41) is 6.97. The van der Waals surface area contributed by atoms with Gasteiger partial charge >= 0.3 is 0 Å². The normalized spacial score (nSPS) is 10.4. The summed E-state index contributed by atoms with van der Waals surface area (Å²) in [6.45, 7) is 0. The Morgan fingerprint density at radius 2 is 2.10 bits per heavy atom. The lowest BCUT2D eigenvalue weighted by Gasteiger charge is -2.09. The smallest absolute Gasteiger partial charge is 0.265 e. The summed E-state index contributed by atoms with van der Waals surface area (Å²) < 4.78 is 2.53. The predicted octanol–water partition coefficient (Wildman–Crippen LogP) is 3.34. The topological polar surface area (TPSA) is 59.8 Å². The number of hydrogen-bond acceptors (Lipinski definition) is 4. The Hall–Kier alpha value is -1.99. The van der Waals surface area contributed by atoms with Crippen LogP contribution in [0.1, 0.15) is 9.67 Å². The van der Waals surface area contributed by atoms with Gasteiger partial charge in [0.15, 0.2) is 0 Å². The summed E-state index contributed by atoms with van der Waals surface area (Å²) in [7, 11) is 0. The molecule has 3 aromatic rings. The van der Waals surface area contributed by atoms with Crippen molar-refractivity contribution in [2.45, 2.75) is 0 Å². The van der Waals surface area contributed by atoms with Crippen LogP contribution in [0.3, 0.4) is 0 Å². The van der Waals surface area contributed by atoms with E-state index < -0.39 is 0 Å². The van der Waals surface area contributed by atoms with Gasteiger partial charge in [-0.1, -0.05) is 12.1 Å². The number of halogens is 1. The third-order valence-corrected chi connectivity index (χ3v) is 4.24. The number of carbonyl (C=O) groups excluding carboxylic acids is 1. The zero-order valence-corrected chi connectivity index (χ0v) is 12.6. The van der Waals surface area contributed by atoms with Crippen LogP contribution in [0.4, 0.5) is 5.69 Å². The summed E-state index contributed by atoms with van der Waals surface area (Å²) in [6.07, 6.45) is 3.04. The number of amides is 1. The molecule has 1 aromatic carbocycles. The van der Waals surface area contributed by atoms with E-state index in [4.69, 9.17) is 0 Å². The van der Waals surface area contributed by atoms with Gasteiger partial charge in [-0.05, 0) is 40.2 Å². The van der Waals surface area contributed by atoms with Gasteiger partial charge in [-0.2, -0.15) is 5.10 Å². The molecule has 0 bridgehead atoms. The third kappa shape index (κ3) is 2.63. The van der Waals surface area contributed by atoms with Gasteiger partial charge in [0.25, 0.3) is 5.91 Å². The number of hydrogen-bond donors (Lipinski definition) is 1. The molecule has 1 amide bonds. The Morgan fingerprint density at radius 3 is 2.80 bits per heavy atom. The summed E-state index contributed by atoms with van der Waals surface area (Å²) in [6, 6.07) is 11.1. The molecule has 2 aromatic heterocycles. The molecule has 0 atom stereocenters. The number of para-hydroxylation sites is 2. The lowest BCUT2D eigenvalue weighted by Crippen LogP contribution is -2.12. The standard InChI is InChI=1S/C13H9BrN4OS/c14-12-6-5-11(20-12)13(19)17-9-3-1-2-4-10(9)18-8-15-7-16-18/h1-8H,(H,17,19). The first kappa shape index (κ1) is 13.0. The van der Waals surface area contributed by atoms with Crippen molar-refractivity contribution in [3.63, 3.8) is 0 Å². The number of benzene rings is 1. The first-order chi connectivity index (χ1) is 9.74. The summed E-state index contributed by atoms with van der Waals surface area (Å²) in [4.78, 5) is 16.7. The second kappa shape index (κ2) is 5.56. The van der Waals surface area contributed by atoms with Gasteiger partial charge in [0.2, 0.25) is 0 Å². The molecule has 100 valence electrons. The zero-order chi connectivity index (χ0) is 13.9. The van der Waals surface area contributed by atoms with Gasteiger partial charge in [0.05, 0.1) is 20.0 Å². The largest absolute Gasteiger partial charge is 0.319 e. The molecule has 0 saturated carbocycles. The molecule has 3 rings (SSSR count). The molecule has 2 heterocycles. The lowest BCUT2D eigenvalue weighted by atomic mass is 10.2. The molecular formula is C13H9BrN4OS. The van der Waals surface area contributed by atoms with E-state index in [0.717, 1.165) is 9.47 Å². The number of carbonyl (C=O) groups is 1. The first-order valence-corrected chi connectivity index (χ1v) is 7.36. The van der Waals surface area contributed by atoms with E-state index in [2.05, 4.69) is 31.3 Å². The Labute approximate surface area is 127 Å². The fraction of sp³-hybridized carbons (Fsp3) is 0. The van der Waals surface area contributed by atoms with Crippen molar-refractivity contribution < 1.29 is 4.79 Å². The van der Waals surface area contributed by atoms with Gasteiger partial charge in [-0.3, -0.25) is 4.79 Å². The zero-order valence-electron chi connectivity index (χ0n) is 10.2. The SMILES string of the molecule is O=C(Nc1ccccc1-n1cncn1)c1ccc(Br)s1. The highest BCUT2D eigenvalue weighted by Gasteiger charge is 2.12. The van der Waals surface area contributed by atoms with Crippen molar-refractivity contribution in [2.24, 2.45) is 0 Å². The fourth-order valence-corrected chi connectivity index (χ4v) is 3.01. The van der Waals surface area contributed by atoms with Gasteiger partial charge in [0.1, 0.15) is 12.7 Å². The van der Waals surface area contributed by atoms with Crippen LogP contribution in [-0.4, -0.2) is 20.7 Å². The Balaban J connectivity index is 1.90. The minimum atomic E-state index is -0.145. The average molecular weight is 349 g/mol. The number of anilines is 1. The molecule has 0 fully saturated rings. The Kier molecular flexibility index (Phi) is 3.62. The van der Waals surface area contributed by atoms with Crippen LogP contribution in [-0.2, 0) is 0 Å². The molecule has 1 N–H and O–H groups in total. The van der Waals surface area contributed by atoms with Gasteiger partial charge < -0.3 is 5.32 Å². The second-order valence-corrected chi connectivity index (χ2v) is 6.38. The van der Waals surface area contributed by atoms with E-state index in [-0.39, 0.29) is 5.91 Å². The van der Waals surface area contributed by atoms with E-state index in [9.17, 15) is 4.79 Å². The molecule has 0 unspecified atom stereocenters. The van der Waals surface area contributed by atoms with Crippen molar-refractivity contribution in [2.75, 3.05) is 5.32 Å². The highest BCUT2D eigenvalue weighted by atomic mass is 79.9. The minimum absolute atomic E-state index is 0.145. The Bertz CT molecular complexity index is 738. The van der Waals surface area contributed by atoms with Crippen molar-refractivity contribution in [1.82, 2.24) is 14.8 Å².